The van der Waals surface area contributed by atoms with Gasteiger partial charge in [-0.1, -0.05) is 12.2 Å². The molecule has 0 rings (SSSR count). The van der Waals surface area contributed by atoms with Crippen molar-refractivity contribution < 1.29 is 8.42 Å². The lowest BCUT2D eigenvalue weighted by Gasteiger charge is -2.09. The number of hydrogen-bond donors (Lipinski definition) is 2. The van der Waals surface area contributed by atoms with Gasteiger partial charge < -0.3 is 0 Å². The molecule has 0 aliphatic heterocycles. The standard InChI is InChI=1S/C8H18N2O2S/c1-4-5-6-7-9-13(11,12)10-8(2)3/h4-5,8-10H,6-7H2,1-3H3/b5-4+. The van der Waals surface area contributed by atoms with Crippen LogP contribution >= 0.6 is 0 Å². The van der Waals surface area contributed by atoms with Gasteiger partial charge in [0.05, 0.1) is 0 Å². The molecule has 0 spiro atoms. The van der Waals surface area contributed by atoms with Crippen molar-refractivity contribution in [2.45, 2.75) is 33.2 Å². The van der Waals surface area contributed by atoms with Gasteiger partial charge in [0.15, 0.2) is 0 Å². The summed E-state index contributed by atoms with van der Waals surface area (Å²) < 4.78 is 27.2. The Bertz CT molecular complexity index is 245. The second-order valence-electron chi connectivity index (χ2n) is 3.03. The minimum atomic E-state index is -3.30. The third-order valence-electron chi connectivity index (χ3n) is 1.23. The van der Waals surface area contributed by atoms with E-state index in [1.807, 2.05) is 19.1 Å². The molecule has 0 aliphatic carbocycles. The van der Waals surface area contributed by atoms with E-state index in [2.05, 4.69) is 9.44 Å². The highest BCUT2D eigenvalue weighted by atomic mass is 32.2. The Morgan fingerprint density at radius 1 is 1.38 bits per heavy atom. The van der Waals surface area contributed by atoms with Crippen molar-refractivity contribution in [3.63, 3.8) is 0 Å². The summed E-state index contributed by atoms with van der Waals surface area (Å²) in [7, 11) is -3.30. The van der Waals surface area contributed by atoms with Gasteiger partial charge in [-0.15, -0.1) is 0 Å². The molecule has 78 valence electrons. The van der Waals surface area contributed by atoms with Crippen molar-refractivity contribution in [3.8, 4) is 0 Å². The Morgan fingerprint density at radius 2 is 2.00 bits per heavy atom. The highest BCUT2D eigenvalue weighted by Gasteiger charge is 2.08. The second kappa shape index (κ2) is 6.12. The quantitative estimate of drug-likeness (QED) is 0.498. The minimum absolute atomic E-state index is 0.0702. The predicted octanol–water partition coefficient (Wildman–Crippen LogP) is 0.785. The third-order valence-corrected chi connectivity index (χ3v) is 2.60. The first-order chi connectivity index (χ1) is 5.98. The molecule has 0 saturated heterocycles. The van der Waals surface area contributed by atoms with E-state index in [1.54, 1.807) is 13.8 Å². The van der Waals surface area contributed by atoms with Crippen molar-refractivity contribution in [1.82, 2.24) is 9.44 Å². The lowest BCUT2D eigenvalue weighted by Crippen LogP contribution is -2.40. The van der Waals surface area contributed by atoms with Crippen LogP contribution in [-0.4, -0.2) is 21.0 Å². The van der Waals surface area contributed by atoms with Gasteiger partial charge in [-0.05, 0) is 27.2 Å². The highest BCUT2D eigenvalue weighted by molar-refractivity contribution is 7.87. The molecule has 0 saturated carbocycles. The van der Waals surface area contributed by atoms with E-state index in [0.29, 0.717) is 6.54 Å². The first-order valence-electron chi connectivity index (χ1n) is 4.36. The summed E-state index contributed by atoms with van der Waals surface area (Å²) in [4.78, 5) is 0. The van der Waals surface area contributed by atoms with Crippen molar-refractivity contribution in [2.24, 2.45) is 0 Å². The first kappa shape index (κ1) is 12.6. The fourth-order valence-corrected chi connectivity index (χ4v) is 1.89. The van der Waals surface area contributed by atoms with Crippen LogP contribution in [0.2, 0.25) is 0 Å². The lowest BCUT2D eigenvalue weighted by atomic mass is 10.4. The maximum Gasteiger partial charge on any atom is 0.277 e. The Hall–Kier alpha value is -0.390. The minimum Gasteiger partial charge on any atom is -0.202 e. The van der Waals surface area contributed by atoms with Crippen LogP contribution in [0, 0.1) is 0 Å². The second-order valence-corrected chi connectivity index (χ2v) is 4.56. The first-order valence-corrected chi connectivity index (χ1v) is 5.84. The van der Waals surface area contributed by atoms with Crippen molar-refractivity contribution in [3.05, 3.63) is 12.2 Å². The normalized spacial score (nSPS) is 12.9. The lowest BCUT2D eigenvalue weighted by molar-refractivity contribution is 0.555. The molecule has 4 nitrogen and oxygen atoms in total. The molecule has 0 unspecified atom stereocenters. The van der Waals surface area contributed by atoms with E-state index in [9.17, 15) is 8.42 Å². The number of nitrogens with one attached hydrogen (secondary N) is 2. The third kappa shape index (κ3) is 7.95. The predicted molar refractivity (Wildman–Crippen MR) is 54.6 cm³/mol. The van der Waals surface area contributed by atoms with E-state index in [0.717, 1.165) is 6.42 Å². The molecule has 13 heavy (non-hydrogen) atoms. The summed E-state index contributed by atoms with van der Waals surface area (Å²) >= 11 is 0. The van der Waals surface area contributed by atoms with Crippen molar-refractivity contribution in [1.29, 1.82) is 0 Å². The van der Waals surface area contributed by atoms with Gasteiger partial charge in [-0.3, -0.25) is 0 Å². The molecule has 5 heteroatoms. The van der Waals surface area contributed by atoms with E-state index in [-0.39, 0.29) is 6.04 Å². The van der Waals surface area contributed by atoms with Crippen LogP contribution in [0.25, 0.3) is 0 Å². The maximum absolute atomic E-state index is 11.2. The van der Waals surface area contributed by atoms with Crippen LogP contribution in [0.3, 0.4) is 0 Å². The molecule has 0 radical (unpaired) electrons. The van der Waals surface area contributed by atoms with E-state index >= 15 is 0 Å². The van der Waals surface area contributed by atoms with Gasteiger partial charge in [0.2, 0.25) is 0 Å². The van der Waals surface area contributed by atoms with Gasteiger partial charge in [0.25, 0.3) is 10.2 Å². The fraction of sp³-hybridized carbons (Fsp3) is 0.750. The molecule has 0 heterocycles. The number of hydrogen-bond acceptors (Lipinski definition) is 2. The van der Waals surface area contributed by atoms with Crippen LogP contribution in [0.5, 0.6) is 0 Å². The summed E-state index contributed by atoms with van der Waals surface area (Å²) in [5.74, 6) is 0. The molecular formula is C8H18N2O2S. The van der Waals surface area contributed by atoms with Crippen molar-refractivity contribution in [2.75, 3.05) is 6.54 Å². The van der Waals surface area contributed by atoms with Crippen LogP contribution in [0.1, 0.15) is 27.2 Å². The summed E-state index contributed by atoms with van der Waals surface area (Å²) in [6.07, 6.45) is 4.53. The zero-order valence-electron chi connectivity index (χ0n) is 8.37. The van der Waals surface area contributed by atoms with Crippen LogP contribution in [0.4, 0.5) is 0 Å². The molecule has 0 aliphatic rings. The van der Waals surface area contributed by atoms with E-state index in [1.165, 1.54) is 0 Å². The molecular weight excluding hydrogens is 188 g/mol. The molecule has 0 aromatic rings. The smallest absolute Gasteiger partial charge is 0.202 e. The maximum atomic E-state index is 11.2. The average Bonchev–Trinajstić information content (AvgIpc) is 1.95. The Kier molecular flexibility index (Phi) is 5.94. The van der Waals surface area contributed by atoms with Gasteiger partial charge in [0, 0.05) is 12.6 Å². The summed E-state index contributed by atoms with van der Waals surface area (Å²) in [6, 6.07) is -0.0702. The number of rotatable bonds is 6. The van der Waals surface area contributed by atoms with Crippen molar-refractivity contribution >= 4 is 10.2 Å². The molecule has 2 N–H and O–H groups in total. The number of allylic oxidation sites excluding steroid dienone is 1. The summed E-state index contributed by atoms with van der Waals surface area (Å²) in [5, 5.41) is 0. The summed E-state index contributed by atoms with van der Waals surface area (Å²) in [5.41, 5.74) is 0. The average molecular weight is 206 g/mol. The summed E-state index contributed by atoms with van der Waals surface area (Å²) in [6.45, 7) is 5.91. The van der Waals surface area contributed by atoms with Crippen LogP contribution in [0.15, 0.2) is 12.2 Å². The largest absolute Gasteiger partial charge is 0.277 e. The highest BCUT2D eigenvalue weighted by Crippen LogP contribution is 1.85. The van der Waals surface area contributed by atoms with Gasteiger partial charge in [0.1, 0.15) is 0 Å². The SMILES string of the molecule is C/C=C/CCNS(=O)(=O)NC(C)C. The van der Waals surface area contributed by atoms with Gasteiger partial charge in [-0.2, -0.15) is 13.1 Å². The topological polar surface area (TPSA) is 58.2 Å². The van der Waals surface area contributed by atoms with Crippen LogP contribution in [-0.2, 0) is 10.2 Å². The van der Waals surface area contributed by atoms with Crippen LogP contribution < -0.4 is 9.44 Å². The van der Waals surface area contributed by atoms with Gasteiger partial charge >= 0.3 is 0 Å². The molecule has 0 atom stereocenters. The zero-order chi connectivity index (χ0) is 10.3. The molecule has 0 aromatic carbocycles. The van der Waals surface area contributed by atoms with E-state index < -0.39 is 10.2 Å². The Morgan fingerprint density at radius 3 is 2.46 bits per heavy atom. The monoisotopic (exact) mass is 206 g/mol. The van der Waals surface area contributed by atoms with Gasteiger partial charge in [-0.25, -0.2) is 4.72 Å². The molecule has 0 bridgehead atoms. The Balaban J connectivity index is 3.77. The molecule has 0 fully saturated rings. The Labute approximate surface area is 80.6 Å². The molecule has 0 aromatic heterocycles. The fourth-order valence-electron chi connectivity index (χ4n) is 0.795. The zero-order valence-corrected chi connectivity index (χ0v) is 9.19. The molecule has 0 amide bonds. The van der Waals surface area contributed by atoms with E-state index in [4.69, 9.17) is 0 Å².